The summed E-state index contributed by atoms with van der Waals surface area (Å²) < 4.78 is 45.0. The van der Waals surface area contributed by atoms with Gasteiger partial charge in [0.05, 0.1) is 12.2 Å². The zero-order chi connectivity index (χ0) is 22.7. The maximum atomic E-state index is 13.0. The number of carbonyl (C=O) groups excluding carboxylic acids is 1. The van der Waals surface area contributed by atoms with E-state index in [0.29, 0.717) is 33.6 Å². The fraction of sp³-hybridized carbons (Fsp3) is 0.167. The molecule has 0 saturated heterocycles. The highest BCUT2D eigenvalue weighted by molar-refractivity contribution is 5.97. The summed E-state index contributed by atoms with van der Waals surface area (Å²) in [5.74, 6) is 0.173. The molecule has 2 N–H and O–H groups in total. The van der Waals surface area contributed by atoms with Crippen LogP contribution in [0.15, 0.2) is 71.3 Å². The molecule has 5 nitrogen and oxygen atoms in total. The molecule has 4 aromatic rings. The molecule has 8 heteroatoms. The van der Waals surface area contributed by atoms with Crippen LogP contribution in [0.4, 0.5) is 13.2 Å². The summed E-state index contributed by atoms with van der Waals surface area (Å²) in [6.45, 7) is -0.00287. The van der Waals surface area contributed by atoms with Crippen molar-refractivity contribution in [2.24, 2.45) is 0 Å². The molecule has 0 aliphatic rings. The number of nitrogens with zero attached hydrogens (tertiary/aromatic N) is 1. The minimum atomic E-state index is -4.41. The van der Waals surface area contributed by atoms with E-state index in [1.807, 2.05) is 6.07 Å². The number of aromatic nitrogens is 1. The van der Waals surface area contributed by atoms with Gasteiger partial charge >= 0.3 is 6.18 Å². The Balaban J connectivity index is 1.66. The van der Waals surface area contributed by atoms with E-state index in [-0.39, 0.29) is 25.5 Å². The molecule has 2 aromatic heterocycles. The highest BCUT2D eigenvalue weighted by Crippen LogP contribution is 2.32. The Bertz CT molecular complexity index is 1260. The van der Waals surface area contributed by atoms with E-state index in [4.69, 9.17) is 9.52 Å². The third kappa shape index (κ3) is 4.65. The van der Waals surface area contributed by atoms with Gasteiger partial charge < -0.3 is 14.8 Å². The van der Waals surface area contributed by atoms with E-state index in [0.717, 1.165) is 17.7 Å². The number of amides is 1. The number of benzene rings is 2. The fourth-order valence-corrected chi connectivity index (χ4v) is 3.46. The van der Waals surface area contributed by atoms with E-state index >= 15 is 0 Å². The normalized spacial score (nSPS) is 11.6. The first-order valence-electron chi connectivity index (χ1n) is 9.88. The van der Waals surface area contributed by atoms with E-state index in [9.17, 15) is 18.0 Å². The molecular formula is C24H19F3N2O3. The number of nitrogens with one attached hydrogen (secondary N) is 1. The van der Waals surface area contributed by atoms with Crippen molar-refractivity contribution in [3.8, 4) is 11.1 Å². The molecule has 0 fully saturated rings. The molecule has 1 amide bonds. The second kappa shape index (κ2) is 8.84. The largest absolute Gasteiger partial charge is 0.458 e. The molecule has 0 spiro atoms. The molecule has 4 rings (SSSR count). The van der Waals surface area contributed by atoms with Crippen molar-refractivity contribution >= 4 is 17.0 Å². The molecule has 32 heavy (non-hydrogen) atoms. The van der Waals surface area contributed by atoms with Crippen molar-refractivity contribution in [1.29, 1.82) is 0 Å². The number of furan rings is 1. The van der Waals surface area contributed by atoms with Crippen LogP contribution in [0.5, 0.6) is 0 Å². The number of halogens is 3. The van der Waals surface area contributed by atoms with E-state index in [1.54, 1.807) is 42.6 Å². The Morgan fingerprint density at radius 2 is 1.88 bits per heavy atom. The Labute approximate surface area is 181 Å². The van der Waals surface area contributed by atoms with E-state index in [1.165, 1.54) is 6.07 Å². The summed E-state index contributed by atoms with van der Waals surface area (Å²) in [6.07, 6.45) is -2.61. The lowest BCUT2D eigenvalue weighted by atomic mass is 10.0. The molecule has 0 unspecified atom stereocenters. The van der Waals surface area contributed by atoms with Crippen LogP contribution in [0.25, 0.3) is 22.2 Å². The maximum absolute atomic E-state index is 13.0. The minimum Gasteiger partial charge on any atom is -0.458 e. The molecule has 0 radical (unpaired) electrons. The average Bonchev–Trinajstić information content (AvgIpc) is 3.19. The zero-order valence-electron chi connectivity index (χ0n) is 16.8. The number of hydrogen-bond donors (Lipinski definition) is 2. The van der Waals surface area contributed by atoms with Gasteiger partial charge in [-0.1, -0.05) is 30.3 Å². The molecule has 0 saturated carbocycles. The Morgan fingerprint density at radius 3 is 2.66 bits per heavy atom. The number of rotatable bonds is 6. The van der Waals surface area contributed by atoms with Gasteiger partial charge in [0.1, 0.15) is 11.3 Å². The quantitative estimate of drug-likeness (QED) is 0.451. The number of alkyl halides is 3. The van der Waals surface area contributed by atoms with Crippen LogP contribution in [-0.4, -0.2) is 29.1 Å². The van der Waals surface area contributed by atoms with Crippen LogP contribution in [0.1, 0.15) is 27.2 Å². The van der Waals surface area contributed by atoms with Crippen molar-refractivity contribution in [2.45, 2.75) is 12.6 Å². The second-order valence-corrected chi connectivity index (χ2v) is 7.22. The lowest BCUT2D eigenvalue weighted by Gasteiger charge is -2.08. The van der Waals surface area contributed by atoms with Crippen LogP contribution in [0.3, 0.4) is 0 Å². The summed E-state index contributed by atoms with van der Waals surface area (Å²) in [7, 11) is 0. The van der Waals surface area contributed by atoms with Gasteiger partial charge in [-0.05, 0) is 35.4 Å². The highest BCUT2D eigenvalue weighted by atomic mass is 19.4. The number of aliphatic hydroxyl groups excluding tert-OH is 1. The zero-order valence-corrected chi connectivity index (χ0v) is 16.8. The second-order valence-electron chi connectivity index (χ2n) is 7.22. The number of pyridine rings is 1. The fourth-order valence-electron chi connectivity index (χ4n) is 3.46. The monoisotopic (exact) mass is 440 g/mol. The first kappa shape index (κ1) is 21.6. The lowest BCUT2D eigenvalue weighted by Crippen LogP contribution is -2.26. The third-order valence-corrected chi connectivity index (χ3v) is 4.93. The van der Waals surface area contributed by atoms with Crippen LogP contribution >= 0.6 is 0 Å². The summed E-state index contributed by atoms with van der Waals surface area (Å²) in [5.41, 5.74) is 2.69. The summed E-state index contributed by atoms with van der Waals surface area (Å²) in [6, 6.07) is 15.5. The van der Waals surface area contributed by atoms with Gasteiger partial charge in [0.2, 0.25) is 0 Å². The molecule has 0 atom stereocenters. The molecular weight excluding hydrogens is 421 g/mol. The van der Waals surface area contributed by atoms with Gasteiger partial charge in [0.15, 0.2) is 5.58 Å². The summed E-state index contributed by atoms with van der Waals surface area (Å²) in [4.78, 5) is 16.5. The van der Waals surface area contributed by atoms with Gasteiger partial charge in [-0.3, -0.25) is 9.78 Å². The summed E-state index contributed by atoms with van der Waals surface area (Å²) >= 11 is 0. The van der Waals surface area contributed by atoms with E-state index < -0.39 is 11.7 Å². The first-order valence-corrected chi connectivity index (χ1v) is 9.88. The number of fused-ring (bicyclic) bond motifs is 1. The molecule has 0 bridgehead atoms. The van der Waals surface area contributed by atoms with E-state index in [2.05, 4.69) is 10.3 Å². The SMILES string of the molecule is O=C(NCCO)c1cccc(-c2ccnc3cc(Cc4cccc(C(F)(F)F)c4)oc23)c1. The first-order chi connectivity index (χ1) is 15.3. The number of carbonyl (C=O) groups is 1. The van der Waals surface area contributed by atoms with Gasteiger partial charge in [-0.15, -0.1) is 0 Å². The van der Waals surface area contributed by atoms with Gasteiger partial charge in [0.25, 0.3) is 5.91 Å². The smallest absolute Gasteiger partial charge is 0.416 e. The predicted molar refractivity (Wildman–Crippen MR) is 113 cm³/mol. The predicted octanol–water partition coefficient (Wildman–Crippen LogP) is 4.83. The molecule has 2 heterocycles. The van der Waals surface area contributed by atoms with Crippen LogP contribution in [0, 0.1) is 0 Å². The molecule has 0 aliphatic heterocycles. The Kier molecular flexibility index (Phi) is 5.96. The van der Waals surface area contributed by atoms with Crippen LogP contribution in [0.2, 0.25) is 0 Å². The topological polar surface area (TPSA) is 75.4 Å². The van der Waals surface area contributed by atoms with Gasteiger partial charge in [0, 0.05) is 36.4 Å². The van der Waals surface area contributed by atoms with Gasteiger partial charge in [-0.2, -0.15) is 13.2 Å². The Hall–Kier alpha value is -3.65. The van der Waals surface area contributed by atoms with Crippen LogP contribution in [-0.2, 0) is 12.6 Å². The highest BCUT2D eigenvalue weighted by Gasteiger charge is 2.30. The van der Waals surface area contributed by atoms with Gasteiger partial charge in [-0.25, -0.2) is 0 Å². The summed E-state index contributed by atoms with van der Waals surface area (Å²) in [5, 5.41) is 11.5. The molecule has 0 aliphatic carbocycles. The van der Waals surface area contributed by atoms with Crippen LogP contribution < -0.4 is 5.32 Å². The maximum Gasteiger partial charge on any atom is 0.416 e. The molecule has 164 valence electrons. The number of aliphatic hydroxyl groups is 1. The average molecular weight is 440 g/mol. The van der Waals surface area contributed by atoms with Crippen molar-refractivity contribution in [3.05, 3.63) is 89.3 Å². The standard InChI is InChI=1S/C24H19F3N2O3/c25-24(26,27)18-6-1-3-15(11-18)12-19-14-21-22(32-19)20(7-8-28-21)16-4-2-5-17(13-16)23(31)29-9-10-30/h1-8,11,13-14,30H,9-10,12H2,(H,29,31). The number of hydrogen-bond acceptors (Lipinski definition) is 4. The van der Waals surface area contributed by atoms with Crippen molar-refractivity contribution in [3.63, 3.8) is 0 Å². The minimum absolute atomic E-state index is 0.152. The van der Waals surface area contributed by atoms with Crippen molar-refractivity contribution < 1.29 is 27.5 Å². The third-order valence-electron chi connectivity index (χ3n) is 4.93. The van der Waals surface area contributed by atoms with Crippen molar-refractivity contribution in [2.75, 3.05) is 13.2 Å². The Morgan fingerprint density at radius 1 is 1.06 bits per heavy atom. The molecule has 2 aromatic carbocycles. The van der Waals surface area contributed by atoms with Crippen molar-refractivity contribution in [1.82, 2.24) is 10.3 Å². The lowest BCUT2D eigenvalue weighted by molar-refractivity contribution is -0.137.